The summed E-state index contributed by atoms with van der Waals surface area (Å²) in [5.41, 5.74) is 7.03. The molecule has 19 heavy (non-hydrogen) atoms. The number of rotatable bonds is 4. The van der Waals surface area contributed by atoms with Crippen molar-refractivity contribution in [3.8, 4) is 0 Å². The van der Waals surface area contributed by atoms with Gasteiger partial charge in [0.05, 0.1) is 0 Å². The van der Waals surface area contributed by atoms with Crippen LogP contribution in [-0.4, -0.2) is 15.1 Å². The molecule has 0 unspecified atom stereocenters. The Morgan fingerprint density at radius 1 is 1.42 bits per heavy atom. The molecule has 0 amide bonds. The number of imidazole rings is 1. The molecule has 2 N–H and O–H groups in total. The highest BCUT2D eigenvalue weighted by atomic mass is 15.0. The van der Waals surface area contributed by atoms with Crippen LogP contribution in [0.5, 0.6) is 0 Å². The second-order valence-corrected chi connectivity index (χ2v) is 7.11. The molecule has 1 aromatic heterocycles. The van der Waals surface area contributed by atoms with Crippen molar-refractivity contribution in [1.82, 2.24) is 9.55 Å². The van der Waals surface area contributed by atoms with Crippen molar-refractivity contribution in [1.29, 1.82) is 0 Å². The smallest absolute Gasteiger partial charge is 0.110 e. The maximum atomic E-state index is 6.61. The predicted molar refractivity (Wildman–Crippen MR) is 79.9 cm³/mol. The molecule has 3 nitrogen and oxygen atoms in total. The normalized spacial score (nSPS) is 28.6. The monoisotopic (exact) mass is 263 g/mol. The first kappa shape index (κ1) is 14.6. The highest BCUT2D eigenvalue weighted by Crippen LogP contribution is 2.43. The third kappa shape index (κ3) is 3.19. The third-order valence-corrected chi connectivity index (χ3v) is 5.43. The molecule has 0 aliphatic heterocycles. The predicted octanol–water partition coefficient (Wildman–Crippen LogP) is 3.29. The molecule has 1 aromatic rings. The van der Waals surface area contributed by atoms with Crippen LogP contribution in [0.2, 0.25) is 0 Å². The van der Waals surface area contributed by atoms with E-state index in [1.807, 2.05) is 12.4 Å². The highest BCUT2D eigenvalue weighted by molar-refractivity contribution is 5.03. The van der Waals surface area contributed by atoms with Crippen LogP contribution in [0.15, 0.2) is 12.4 Å². The summed E-state index contributed by atoms with van der Waals surface area (Å²) in [6.07, 6.45) is 10.8. The van der Waals surface area contributed by atoms with Crippen LogP contribution in [0, 0.1) is 11.3 Å². The van der Waals surface area contributed by atoms with Crippen molar-refractivity contribution < 1.29 is 0 Å². The van der Waals surface area contributed by atoms with E-state index in [-0.39, 0.29) is 5.54 Å². The van der Waals surface area contributed by atoms with E-state index in [4.69, 9.17) is 5.73 Å². The molecule has 0 atom stereocenters. The van der Waals surface area contributed by atoms with Crippen LogP contribution in [0.3, 0.4) is 0 Å². The quantitative estimate of drug-likeness (QED) is 0.906. The summed E-state index contributed by atoms with van der Waals surface area (Å²) in [7, 11) is 2.05. The Labute approximate surface area is 117 Å². The Hall–Kier alpha value is -0.830. The summed E-state index contributed by atoms with van der Waals surface area (Å²) < 4.78 is 2.09. The zero-order valence-corrected chi connectivity index (χ0v) is 12.9. The van der Waals surface area contributed by atoms with Gasteiger partial charge >= 0.3 is 0 Å². The van der Waals surface area contributed by atoms with Crippen LogP contribution in [0.25, 0.3) is 0 Å². The molecule has 108 valence electrons. The van der Waals surface area contributed by atoms with Crippen LogP contribution in [0.1, 0.15) is 58.7 Å². The Bertz CT molecular complexity index is 411. The maximum Gasteiger partial charge on any atom is 0.110 e. The lowest BCUT2D eigenvalue weighted by Gasteiger charge is -2.43. The molecular formula is C16H29N3. The van der Waals surface area contributed by atoms with E-state index in [0.717, 1.165) is 31.0 Å². The minimum absolute atomic E-state index is 0.0422. The van der Waals surface area contributed by atoms with Crippen LogP contribution < -0.4 is 5.73 Å². The topological polar surface area (TPSA) is 43.8 Å². The van der Waals surface area contributed by atoms with E-state index in [1.54, 1.807) is 0 Å². The van der Waals surface area contributed by atoms with Crippen molar-refractivity contribution in [3.63, 3.8) is 0 Å². The maximum absolute atomic E-state index is 6.61. The van der Waals surface area contributed by atoms with Gasteiger partial charge in [0.15, 0.2) is 0 Å². The minimum atomic E-state index is -0.0422. The van der Waals surface area contributed by atoms with Crippen LogP contribution >= 0.6 is 0 Å². The number of nitrogens with two attached hydrogens (primary N) is 1. The minimum Gasteiger partial charge on any atom is -0.338 e. The summed E-state index contributed by atoms with van der Waals surface area (Å²) >= 11 is 0. The SMILES string of the molecule is CCC(C)(C)C1CCC(N)(Cc2nccn2C)CC1. The van der Waals surface area contributed by atoms with Gasteiger partial charge in [0.1, 0.15) is 5.82 Å². The van der Waals surface area contributed by atoms with Gasteiger partial charge in [-0.25, -0.2) is 4.98 Å². The largest absolute Gasteiger partial charge is 0.338 e. The van der Waals surface area contributed by atoms with E-state index < -0.39 is 0 Å². The summed E-state index contributed by atoms with van der Waals surface area (Å²) in [5.74, 6) is 1.95. The fraction of sp³-hybridized carbons (Fsp3) is 0.812. The number of hydrogen-bond donors (Lipinski definition) is 1. The standard InChI is InChI=1S/C16H29N3/c1-5-15(2,3)13-6-8-16(17,9-7-13)12-14-18-10-11-19(14)4/h10-11,13H,5-9,12,17H2,1-4H3. The Kier molecular flexibility index (Phi) is 4.05. The van der Waals surface area contributed by atoms with Crippen molar-refractivity contribution in [2.24, 2.45) is 24.1 Å². The summed E-state index contributed by atoms with van der Waals surface area (Å²) in [5, 5.41) is 0. The molecule has 0 bridgehead atoms. The fourth-order valence-corrected chi connectivity index (χ4v) is 3.32. The van der Waals surface area contributed by atoms with E-state index in [9.17, 15) is 0 Å². The van der Waals surface area contributed by atoms with Gasteiger partial charge in [-0.2, -0.15) is 0 Å². The van der Waals surface area contributed by atoms with Crippen molar-refractivity contribution in [2.75, 3.05) is 0 Å². The van der Waals surface area contributed by atoms with Gasteiger partial charge in [0, 0.05) is 31.4 Å². The molecule has 0 aromatic carbocycles. The molecule has 0 saturated heterocycles. The average molecular weight is 263 g/mol. The number of hydrogen-bond acceptors (Lipinski definition) is 2. The number of aromatic nitrogens is 2. The first-order chi connectivity index (χ1) is 8.86. The lowest BCUT2D eigenvalue weighted by molar-refractivity contribution is 0.114. The third-order valence-electron chi connectivity index (χ3n) is 5.43. The molecule has 2 rings (SSSR count). The van der Waals surface area contributed by atoms with Gasteiger partial charge < -0.3 is 10.3 Å². The zero-order valence-electron chi connectivity index (χ0n) is 12.9. The Balaban J connectivity index is 1.97. The molecule has 3 heteroatoms. The highest BCUT2D eigenvalue weighted by Gasteiger charge is 2.37. The van der Waals surface area contributed by atoms with Crippen LogP contribution in [-0.2, 0) is 13.5 Å². The first-order valence-electron chi connectivity index (χ1n) is 7.61. The molecule has 1 heterocycles. The van der Waals surface area contributed by atoms with Gasteiger partial charge in [0.2, 0.25) is 0 Å². The number of nitrogens with zero attached hydrogens (tertiary/aromatic N) is 2. The molecule has 1 saturated carbocycles. The van der Waals surface area contributed by atoms with E-state index in [1.165, 1.54) is 19.3 Å². The molecule has 0 spiro atoms. The van der Waals surface area contributed by atoms with Crippen molar-refractivity contribution >= 4 is 0 Å². The van der Waals surface area contributed by atoms with E-state index in [2.05, 4.69) is 37.4 Å². The van der Waals surface area contributed by atoms with Crippen molar-refractivity contribution in [2.45, 2.75) is 64.8 Å². The average Bonchev–Trinajstić information content (AvgIpc) is 2.75. The second kappa shape index (κ2) is 5.28. The Morgan fingerprint density at radius 3 is 2.53 bits per heavy atom. The summed E-state index contributed by atoms with van der Waals surface area (Å²) in [6, 6.07) is 0. The summed E-state index contributed by atoms with van der Waals surface area (Å²) in [6.45, 7) is 7.11. The van der Waals surface area contributed by atoms with Gasteiger partial charge in [-0.15, -0.1) is 0 Å². The second-order valence-electron chi connectivity index (χ2n) is 7.11. The molecule has 1 fully saturated rings. The summed E-state index contributed by atoms with van der Waals surface area (Å²) in [4.78, 5) is 4.42. The van der Waals surface area contributed by atoms with E-state index in [0.29, 0.717) is 5.41 Å². The zero-order chi connectivity index (χ0) is 14.1. The van der Waals surface area contributed by atoms with Gasteiger partial charge in [-0.3, -0.25) is 0 Å². The first-order valence-corrected chi connectivity index (χ1v) is 7.61. The van der Waals surface area contributed by atoms with Gasteiger partial charge in [-0.1, -0.05) is 27.2 Å². The van der Waals surface area contributed by atoms with Crippen LogP contribution in [0.4, 0.5) is 0 Å². The Morgan fingerprint density at radius 2 is 2.05 bits per heavy atom. The fourth-order valence-electron chi connectivity index (χ4n) is 3.32. The van der Waals surface area contributed by atoms with Crippen molar-refractivity contribution in [3.05, 3.63) is 18.2 Å². The van der Waals surface area contributed by atoms with E-state index >= 15 is 0 Å². The lowest BCUT2D eigenvalue weighted by atomic mass is 9.65. The number of aryl methyl sites for hydroxylation is 1. The lowest BCUT2D eigenvalue weighted by Crippen LogP contribution is -2.47. The molecule has 1 aliphatic rings. The van der Waals surface area contributed by atoms with Gasteiger partial charge in [0.25, 0.3) is 0 Å². The van der Waals surface area contributed by atoms with Gasteiger partial charge in [-0.05, 0) is 37.0 Å². The molecule has 0 radical (unpaired) electrons. The molecule has 1 aliphatic carbocycles. The molecular weight excluding hydrogens is 234 g/mol.